The van der Waals surface area contributed by atoms with Crippen LogP contribution in [0.3, 0.4) is 0 Å². The second-order valence-electron chi connectivity index (χ2n) is 8.12. The fraction of sp³-hybridized carbons (Fsp3) is 0.391. The maximum absolute atomic E-state index is 13.5. The number of hydrogen-bond donors (Lipinski definition) is 0. The summed E-state index contributed by atoms with van der Waals surface area (Å²) in [4.78, 5) is 20.2. The van der Waals surface area contributed by atoms with E-state index in [9.17, 15) is 9.18 Å². The molecule has 1 amide bonds. The molecule has 1 fully saturated rings. The van der Waals surface area contributed by atoms with Gasteiger partial charge in [0, 0.05) is 37.8 Å². The van der Waals surface area contributed by atoms with E-state index >= 15 is 0 Å². The molecule has 3 aromatic rings. The Morgan fingerprint density at radius 1 is 1.19 bits per heavy atom. The Hall–Kier alpha value is -2.71. The quantitative estimate of drug-likeness (QED) is 0.568. The molecule has 0 saturated carbocycles. The fourth-order valence-corrected chi connectivity index (χ4v) is 4.42. The van der Waals surface area contributed by atoms with Crippen molar-refractivity contribution in [3.05, 3.63) is 58.0 Å². The minimum atomic E-state index is -0.301. The molecule has 31 heavy (non-hydrogen) atoms. The molecule has 3 heterocycles. The minimum absolute atomic E-state index is 0.00842. The highest BCUT2D eigenvalue weighted by Crippen LogP contribution is 2.34. The van der Waals surface area contributed by atoms with Gasteiger partial charge >= 0.3 is 0 Å². The number of thiophene rings is 1. The molecule has 2 aromatic heterocycles. The minimum Gasteiger partial charge on any atom is -0.338 e. The molecule has 0 aliphatic carbocycles. The Balaban J connectivity index is 1.72. The third kappa shape index (κ3) is 4.65. The van der Waals surface area contributed by atoms with E-state index in [0.29, 0.717) is 23.0 Å². The van der Waals surface area contributed by atoms with E-state index in [1.807, 2.05) is 36.3 Å². The molecule has 8 heteroatoms. The summed E-state index contributed by atoms with van der Waals surface area (Å²) in [5, 5.41) is 6.26. The molecule has 1 aromatic carbocycles. The first-order valence-electron chi connectivity index (χ1n) is 10.5. The van der Waals surface area contributed by atoms with Crippen LogP contribution in [0.5, 0.6) is 0 Å². The average Bonchev–Trinajstić information content (AvgIpc) is 3.43. The standard InChI is InChI=1S/C23H27FN4O2S/c1-16(2)28(22(29)20-5-4-14-31-20)15-19-21(17-6-8-18(24)9-7-17)25-30-23(19)27-12-10-26(3)11-13-27/h4-9,14,16H,10-13,15H2,1-3H3. The van der Waals surface area contributed by atoms with Gasteiger partial charge in [0.15, 0.2) is 0 Å². The molecule has 1 aliphatic heterocycles. The van der Waals surface area contributed by atoms with Gasteiger partial charge in [-0.2, -0.15) is 0 Å². The summed E-state index contributed by atoms with van der Waals surface area (Å²) >= 11 is 1.44. The lowest BCUT2D eigenvalue weighted by molar-refractivity contribution is 0.0695. The van der Waals surface area contributed by atoms with Crippen molar-refractivity contribution in [1.82, 2.24) is 15.0 Å². The highest BCUT2D eigenvalue weighted by Gasteiger charge is 2.29. The number of aromatic nitrogens is 1. The van der Waals surface area contributed by atoms with Crippen LogP contribution in [0.1, 0.15) is 29.1 Å². The van der Waals surface area contributed by atoms with Crippen LogP contribution in [0.2, 0.25) is 0 Å². The SMILES string of the molecule is CC(C)N(Cc1c(-c2ccc(F)cc2)noc1N1CCN(C)CC1)C(=O)c1cccs1. The average molecular weight is 443 g/mol. The number of hydrogen-bond acceptors (Lipinski definition) is 6. The molecule has 0 unspecified atom stereocenters. The van der Waals surface area contributed by atoms with Crippen molar-refractivity contribution in [1.29, 1.82) is 0 Å². The van der Waals surface area contributed by atoms with E-state index in [2.05, 4.69) is 22.0 Å². The summed E-state index contributed by atoms with van der Waals surface area (Å²) < 4.78 is 19.3. The van der Waals surface area contributed by atoms with Crippen LogP contribution in [0.4, 0.5) is 10.3 Å². The summed E-state index contributed by atoms with van der Waals surface area (Å²) in [6, 6.07) is 9.95. The second-order valence-corrected chi connectivity index (χ2v) is 9.06. The number of likely N-dealkylation sites (N-methyl/N-ethyl adjacent to an activating group) is 1. The Bertz CT molecular complexity index is 1010. The van der Waals surface area contributed by atoms with Crippen LogP contribution < -0.4 is 4.90 Å². The first-order chi connectivity index (χ1) is 14.9. The van der Waals surface area contributed by atoms with Crippen LogP contribution in [0.25, 0.3) is 11.3 Å². The molecule has 1 saturated heterocycles. The maximum Gasteiger partial charge on any atom is 0.264 e. The van der Waals surface area contributed by atoms with Crippen molar-refractivity contribution >= 4 is 23.1 Å². The van der Waals surface area contributed by atoms with E-state index in [4.69, 9.17) is 4.52 Å². The van der Waals surface area contributed by atoms with Gasteiger partial charge in [-0.25, -0.2) is 4.39 Å². The van der Waals surface area contributed by atoms with E-state index in [0.717, 1.165) is 37.3 Å². The molecule has 164 valence electrons. The van der Waals surface area contributed by atoms with Crippen molar-refractivity contribution in [3.8, 4) is 11.3 Å². The molecule has 0 radical (unpaired) electrons. The molecular formula is C23H27FN4O2S. The Morgan fingerprint density at radius 3 is 2.52 bits per heavy atom. The van der Waals surface area contributed by atoms with Gasteiger partial charge in [0.2, 0.25) is 5.88 Å². The summed E-state index contributed by atoms with van der Waals surface area (Å²) in [5.41, 5.74) is 2.28. The smallest absolute Gasteiger partial charge is 0.264 e. The fourth-order valence-electron chi connectivity index (χ4n) is 3.74. The number of rotatable bonds is 6. The van der Waals surface area contributed by atoms with E-state index in [1.54, 1.807) is 12.1 Å². The summed E-state index contributed by atoms with van der Waals surface area (Å²) in [6.07, 6.45) is 0. The molecule has 4 rings (SSSR count). The zero-order valence-electron chi connectivity index (χ0n) is 18.0. The lowest BCUT2D eigenvalue weighted by Gasteiger charge is -2.33. The monoisotopic (exact) mass is 442 g/mol. The number of anilines is 1. The zero-order valence-corrected chi connectivity index (χ0v) is 18.9. The van der Waals surface area contributed by atoms with Crippen LogP contribution >= 0.6 is 11.3 Å². The number of benzene rings is 1. The Morgan fingerprint density at radius 2 is 1.90 bits per heavy atom. The predicted molar refractivity (Wildman–Crippen MR) is 121 cm³/mol. The van der Waals surface area contributed by atoms with Crippen molar-refractivity contribution in [2.24, 2.45) is 0 Å². The summed E-state index contributed by atoms with van der Waals surface area (Å²) in [5.74, 6) is 0.377. The molecule has 0 bridgehead atoms. The van der Waals surface area contributed by atoms with Gasteiger partial charge in [-0.15, -0.1) is 11.3 Å². The van der Waals surface area contributed by atoms with E-state index in [-0.39, 0.29) is 17.8 Å². The molecule has 6 nitrogen and oxygen atoms in total. The van der Waals surface area contributed by atoms with Crippen molar-refractivity contribution in [3.63, 3.8) is 0 Å². The third-order valence-corrected chi connectivity index (χ3v) is 6.48. The van der Waals surface area contributed by atoms with Gasteiger partial charge in [-0.3, -0.25) is 4.79 Å². The molecule has 0 atom stereocenters. The van der Waals surface area contributed by atoms with Crippen molar-refractivity contribution in [2.45, 2.75) is 26.4 Å². The van der Waals surface area contributed by atoms with Crippen LogP contribution in [0.15, 0.2) is 46.3 Å². The van der Waals surface area contributed by atoms with Crippen molar-refractivity contribution in [2.75, 3.05) is 38.1 Å². The number of halogens is 1. The van der Waals surface area contributed by atoms with Gasteiger partial charge in [0.05, 0.1) is 17.0 Å². The number of nitrogens with zero attached hydrogens (tertiary/aromatic N) is 4. The molecular weight excluding hydrogens is 415 g/mol. The van der Waals surface area contributed by atoms with Crippen LogP contribution in [-0.2, 0) is 6.54 Å². The molecule has 0 N–H and O–H groups in total. The van der Waals surface area contributed by atoms with E-state index in [1.165, 1.54) is 23.5 Å². The summed E-state index contributed by atoms with van der Waals surface area (Å²) in [6.45, 7) is 7.87. The van der Waals surface area contributed by atoms with Gasteiger partial charge in [0.25, 0.3) is 5.91 Å². The number of carbonyl (C=O) groups excluding carboxylic acids is 1. The number of amides is 1. The van der Waals surface area contributed by atoms with Gasteiger partial charge in [-0.1, -0.05) is 11.2 Å². The third-order valence-electron chi connectivity index (χ3n) is 5.62. The highest BCUT2D eigenvalue weighted by atomic mass is 32.1. The second kappa shape index (κ2) is 9.20. The van der Waals surface area contributed by atoms with Crippen LogP contribution in [-0.4, -0.2) is 60.1 Å². The molecule has 1 aliphatic rings. The molecule has 0 spiro atoms. The topological polar surface area (TPSA) is 52.8 Å². The normalized spacial score (nSPS) is 14.9. The first kappa shape index (κ1) is 21.5. The van der Waals surface area contributed by atoms with Gasteiger partial charge in [-0.05, 0) is 56.6 Å². The number of carbonyl (C=O) groups is 1. The zero-order chi connectivity index (χ0) is 22.0. The number of piperazine rings is 1. The van der Waals surface area contributed by atoms with Gasteiger partial charge in [0.1, 0.15) is 11.5 Å². The predicted octanol–water partition coefficient (Wildman–Crippen LogP) is 4.34. The van der Waals surface area contributed by atoms with Crippen LogP contribution in [0, 0.1) is 5.82 Å². The Labute approximate surface area is 185 Å². The van der Waals surface area contributed by atoms with E-state index < -0.39 is 0 Å². The lowest BCUT2D eigenvalue weighted by atomic mass is 10.1. The highest BCUT2D eigenvalue weighted by molar-refractivity contribution is 7.12. The van der Waals surface area contributed by atoms with Gasteiger partial charge < -0.3 is 19.2 Å². The maximum atomic E-state index is 13.5. The summed E-state index contributed by atoms with van der Waals surface area (Å²) in [7, 11) is 2.10. The lowest BCUT2D eigenvalue weighted by Crippen LogP contribution is -2.45. The first-order valence-corrected chi connectivity index (χ1v) is 11.3. The largest absolute Gasteiger partial charge is 0.338 e. The Kier molecular flexibility index (Phi) is 6.38. The van der Waals surface area contributed by atoms with Crippen molar-refractivity contribution < 1.29 is 13.7 Å².